The van der Waals surface area contributed by atoms with E-state index in [2.05, 4.69) is 0 Å². The second kappa shape index (κ2) is 6.99. The maximum Gasteiger partial charge on any atom is 0.147 e. The van der Waals surface area contributed by atoms with Crippen LogP contribution in [-0.4, -0.2) is 11.5 Å². The Morgan fingerprint density at radius 3 is 2.53 bits per heavy atom. The smallest absolute Gasteiger partial charge is 0.147 e. The third-order valence-electron chi connectivity index (χ3n) is 2.54. The van der Waals surface area contributed by atoms with Gasteiger partial charge in [0, 0.05) is 21.4 Å². The maximum atomic E-state index is 11.9. The van der Waals surface area contributed by atoms with Crippen molar-refractivity contribution < 1.29 is 4.79 Å². The molecule has 19 heavy (non-hydrogen) atoms. The molecule has 0 unspecified atom stereocenters. The van der Waals surface area contributed by atoms with Crippen molar-refractivity contribution in [2.45, 2.75) is 11.3 Å². The van der Waals surface area contributed by atoms with E-state index in [1.807, 2.05) is 30.3 Å². The molecule has 2 aromatic carbocycles. The van der Waals surface area contributed by atoms with Gasteiger partial charge in [-0.2, -0.15) is 0 Å². The highest BCUT2D eigenvalue weighted by Gasteiger charge is 2.08. The zero-order chi connectivity index (χ0) is 13.7. The standard InChI is InChI=1S/C15H12Cl2OS/c16-12-6-7-15(17)11(8-12)9-13(18)10-19-14-4-2-1-3-5-14/h1-8H,9-10H2. The topological polar surface area (TPSA) is 17.1 Å². The first-order chi connectivity index (χ1) is 9.15. The van der Waals surface area contributed by atoms with Crippen LogP contribution in [0.1, 0.15) is 5.56 Å². The monoisotopic (exact) mass is 310 g/mol. The number of hydrogen-bond acceptors (Lipinski definition) is 2. The first-order valence-corrected chi connectivity index (χ1v) is 7.53. The molecule has 0 aromatic heterocycles. The zero-order valence-corrected chi connectivity index (χ0v) is 12.4. The van der Waals surface area contributed by atoms with Gasteiger partial charge >= 0.3 is 0 Å². The molecule has 0 saturated heterocycles. The number of carbonyl (C=O) groups excluding carboxylic acids is 1. The summed E-state index contributed by atoms with van der Waals surface area (Å²) >= 11 is 13.5. The number of halogens is 2. The van der Waals surface area contributed by atoms with Crippen LogP contribution in [0.15, 0.2) is 53.4 Å². The van der Waals surface area contributed by atoms with E-state index in [1.54, 1.807) is 18.2 Å². The van der Waals surface area contributed by atoms with Crippen LogP contribution in [-0.2, 0) is 11.2 Å². The minimum atomic E-state index is 0.137. The lowest BCUT2D eigenvalue weighted by atomic mass is 10.1. The van der Waals surface area contributed by atoms with Crippen LogP contribution in [0.3, 0.4) is 0 Å². The first-order valence-electron chi connectivity index (χ1n) is 5.78. The fourth-order valence-corrected chi connectivity index (χ4v) is 2.78. The summed E-state index contributed by atoms with van der Waals surface area (Å²) in [5.74, 6) is 0.574. The summed E-state index contributed by atoms with van der Waals surface area (Å²) in [6.07, 6.45) is 0.319. The fraction of sp³-hybridized carbons (Fsp3) is 0.133. The molecule has 0 aliphatic heterocycles. The predicted octanol–water partition coefficient (Wildman–Crippen LogP) is 4.90. The van der Waals surface area contributed by atoms with Crippen molar-refractivity contribution in [2.75, 3.05) is 5.75 Å². The predicted molar refractivity (Wildman–Crippen MR) is 82.3 cm³/mol. The summed E-state index contributed by atoms with van der Waals surface area (Å²) in [4.78, 5) is 13.0. The summed E-state index contributed by atoms with van der Waals surface area (Å²) in [6, 6.07) is 15.0. The van der Waals surface area contributed by atoms with Gasteiger partial charge in [-0.15, -0.1) is 11.8 Å². The highest BCUT2D eigenvalue weighted by molar-refractivity contribution is 8.00. The van der Waals surface area contributed by atoms with Crippen LogP contribution < -0.4 is 0 Å². The molecule has 2 rings (SSSR count). The van der Waals surface area contributed by atoms with Crippen molar-refractivity contribution in [1.29, 1.82) is 0 Å². The lowest BCUT2D eigenvalue weighted by Crippen LogP contribution is -2.06. The molecular weight excluding hydrogens is 299 g/mol. The van der Waals surface area contributed by atoms with E-state index in [-0.39, 0.29) is 5.78 Å². The van der Waals surface area contributed by atoms with E-state index in [4.69, 9.17) is 23.2 Å². The summed E-state index contributed by atoms with van der Waals surface area (Å²) in [5.41, 5.74) is 0.785. The van der Waals surface area contributed by atoms with Gasteiger partial charge in [-0.3, -0.25) is 4.79 Å². The molecule has 0 amide bonds. The van der Waals surface area contributed by atoms with Crippen LogP contribution in [0.5, 0.6) is 0 Å². The number of Topliss-reactive ketones (excluding diaryl/α,β-unsaturated/α-hetero) is 1. The van der Waals surface area contributed by atoms with Gasteiger partial charge in [0.05, 0.1) is 5.75 Å². The Kier molecular flexibility index (Phi) is 5.32. The van der Waals surface area contributed by atoms with E-state index in [0.29, 0.717) is 22.2 Å². The van der Waals surface area contributed by atoms with Gasteiger partial charge in [-0.1, -0.05) is 41.4 Å². The molecule has 0 saturated carbocycles. The Hall–Kier alpha value is -0.960. The quantitative estimate of drug-likeness (QED) is 0.731. The second-order valence-corrected chi connectivity index (χ2v) is 5.95. The molecule has 2 aromatic rings. The summed E-state index contributed by atoms with van der Waals surface area (Å²) in [7, 11) is 0. The van der Waals surface area contributed by atoms with Crippen molar-refractivity contribution in [3.8, 4) is 0 Å². The Labute approximate surface area is 126 Å². The molecule has 0 radical (unpaired) electrons. The molecule has 0 heterocycles. The number of thioether (sulfide) groups is 1. The molecule has 0 atom stereocenters. The summed E-state index contributed by atoms with van der Waals surface area (Å²) in [5, 5.41) is 1.19. The van der Waals surface area contributed by atoms with Crippen LogP contribution in [0, 0.1) is 0 Å². The van der Waals surface area contributed by atoms with E-state index in [1.165, 1.54) is 11.8 Å². The SMILES string of the molecule is O=C(CSc1ccccc1)Cc1cc(Cl)ccc1Cl. The number of rotatable bonds is 5. The number of hydrogen-bond donors (Lipinski definition) is 0. The minimum Gasteiger partial charge on any atom is -0.298 e. The third kappa shape index (κ3) is 4.57. The molecule has 0 aliphatic carbocycles. The normalized spacial score (nSPS) is 10.4. The molecule has 0 spiro atoms. The third-order valence-corrected chi connectivity index (χ3v) is 4.21. The summed E-state index contributed by atoms with van der Waals surface area (Å²) in [6.45, 7) is 0. The van der Waals surface area contributed by atoms with E-state index >= 15 is 0 Å². The van der Waals surface area contributed by atoms with E-state index < -0.39 is 0 Å². The van der Waals surface area contributed by atoms with Crippen molar-refractivity contribution in [3.63, 3.8) is 0 Å². The Morgan fingerprint density at radius 2 is 1.79 bits per heavy atom. The summed E-state index contributed by atoms with van der Waals surface area (Å²) < 4.78 is 0. The number of benzene rings is 2. The molecule has 0 N–H and O–H groups in total. The minimum absolute atomic E-state index is 0.137. The van der Waals surface area contributed by atoms with Gasteiger partial charge < -0.3 is 0 Å². The average molecular weight is 311 g/mol. The first kappa shape index (κ1) is 14.4. The Bertz CT molecular complexity index is 570. The van der Waals surface area contributed by atoms with Gasteiger partial charge in [0.25, 0.3) is 0 Å². The Morgan fingerprint density at radius 1 is 1.05 bits per heavy atom. The van der Waals surface area contributed by atoms with Crippen molar-refractivity contribution in [2.24, 2.45) is 0 Å². The van der Waals surface area contributed by atoms with Crippen LogP contribution >= 0.6 is 35.0 Å². The van der Waals surface area contributed by atoms with Gasteiger partial charge in [-0.25, -0.2) is 0 Å². The van der Waals surface area contributed by atoms with E-state index in [0.717, 1.165) is 10.5 Å². The number of ketones is 1. The Balaban J connectivity index is 1.93. The van der Waals surface area contributed by atoms with Crippen LogP contribution in [0.2, 0.25) is 10.0 Å². The van der Waals surface area contributed by atoms with Gasteiger partial charge in [0.2, 0.25) is 0 Å². The highest BCUT2D eigenvalue weighted by atomic mass is 35.5. The van der Waals surface area contributed by atoms with E-state index in [9.17, 15) is 4.79 Å². The molecule has 0 aliphatic rings. The maximum absolute atomic E-state index is 11.9. The second-order valence-electron chi connectivity index (χ2n) is 4.05. The molecule has 98 valence electrons. The van der Waals surface area contributed by atoms with Crippen molar-refractivity contribution in [1.82, 2.24) is 0 Å². The van der Waals surface area contributed by atoms with Gasteiger partial charge in [0.1, 0.15) is 5.78 Å². The van der Waals surface area contributed by atoms with Crippen LogP contribution in [0.4, 0.5) is 0 Å². The zero-order valence-electron chi connectivity index (χ0n) is 10.1. The molecule has 0 bridgehead atoms. The molecule has 1 nitrogen and oxygen atoms in total. The van der Waals surface area contributed by atoms with Crippen LogP contribution in [0.25, 0.3) is 0 Å². The number of carbonyl (C=O) groups is 1. The van der Waals surface area contributed by atoms with Gasteiger partial charge in [-0.05, 0) is 35.9 Å². The largest absolute Gasteiger partial charge is 0.298 e. The lowest BCUT2D eigenvalue weighted by molar-refractivity contribution is -0.116. The molecular formula is C15H12Cl2OS. The van der Waals surface area contributed by atoms with Crippen molar-refractivity contribution >= 4 is 40.7 Å². The lowest BCUT2D eigenvalue weighted by Gasteiger charge is -2.04. The van der Waals surface area contributed by atoms with Crippen molar-refractivity contribution in [3.05, 3.63) is 64.1 Å². The average Bonchev–Trinajstić information content (AvgIpc) is 2.42. The molecule has 4 heteroatoms. The highest BCUT2D eigenvalue weighted by Crippen LogP contribution is 2.23. The van der Waals surface area contributed by atoms with Gasteiger partial charge in [0.15, 0.2) is 0 Å². The molecule has 0 fully saturated rings. The fourth-order valence-electron chi connectivity index (χ4n) is 1.62.